The third-order valence-corrected chi connectivity index (χ3v) is 6.09. The Morgan fingerprint density at radius 2 is 1.53 bits per heavy atom. The maximum absolute atomic E-state index is 11.8. The van der Waals surface area contributed by atoms with Gasteiger partial charge in [-0.25, -0.2) is 13.1 Å². The second-order valence-electron chi connectivity index (χ2n) is 7.48. The van der Waals surface area contributed by atoms with Crippen molar-refractivity contribution in [2.45, 2.75) is 44.7 Å². The van der Waals surface area contributed by atoms with Crippen LogP contribution in [0.4, 0.5) is 0 Å². The van der Waals surface area contributed by atoms with Gasteiger partial charge in [0, 0.05) is 13.6 Å². The van der Waals surface area contributed by atoms with Gasteiger partial charge in [-0.1, -0.05) is 50.2 Å². The molecule has 2 aromatic rings. The molecule has 0 spiro atoms. The first-order valence-corrected chi connectivity index (χ1v) is 11.3. The molecular formula is C22H33IN4O2S. The van der Waals surface area contributed by atoms with Crippen LogP contribution >= 0.6 is 24.0 Å². The van der Waals surface area contributed by atoms with Crippen molar-refractivity contribution in [3.05, 3.63) is 65.2 Å². The third kappa shape index (κ3) is 7.88. The second kappa shape index (κ2) is 12.3. The minimum absolute atomic E-state index is 0. The Hall–Kier alpha value is -1.65. The smallest absolute Gasteiger partial charge is 0.240 e. The molecular weight excluding hydrogens is 511 g/mol. The fourth-order valence-corrected chi connectivity index (χ4v) is 3.72. The molecule has 0 bridgehead atoms. The van der Waals surface area contributed by atoms with E-state index in [4.69, 9.17) is 0 Å². The second-order valence-corrected chi connectivity index (χ2v) is 9.37. The SMILES string of the molecule is CN=C(NCc1ccc(S(=O)(=O)NC)cc1)NC(C)c1ccc(CC(C)C)cc1.I. The number of halogens is 1. The summed E-state index contributed by atoms with van der Waals surface area (Å²) in [6.45, 7) is 7.09. The Kier molecular flexibility index (Phi) is 10.8. The lowest BCUT2D eigenvalue weighted by molar-refractivity contribution is 0.588. The molecule has 0 aromatic heterocycles. The van der Waals surface area contributed by atoms with Crippen LogP contribution in [0.3, 0.4) is 0 Å². The first-order chi connectivity index (χ1) is 13.7. The summed E-state index contributed by atoms with van der Waals surface area (Å²) in [6, 6.07) is 15.6. The van der Waals surface area contributed by atoms with E-state index in [1.165, 1.54) is 18.2 Å². The largest absolute Gasteiger partial charge is 0.352 e. The molecule has 30 heavy (non-hydrogen) atoms. The lowest BCUT2D eigenvalue weighted by Gasteiger charge is -2.19. The van der Waals surface area contributed by atoms with Crippen LogP contribution in [0.2, 0.25) is 0 Å². The Morgan fingerprint density at radius 3 is 2.03 bits per heavy atom. The number of nitrogens with one attached hydrogen (secondary N) is 3. The van der Waals surface area contributed by atoms with E-state index in [1.54, 1.807) is 31.3 Å². The summed E-state index contributed by atoms with van der Waals surface area (Å²) in [5, 5.41) is 6.66. The lowest BCUT2D eigenvalue weighted by atomic mass is 10.00. The lowest BCUT2D eigenvalue weighted by Crippen LogP contribution is -2.38. The van der Waals surface area contributed by atoms with Crippen molar-refractivity contribution >= 4 is 40.0 Å². The molecule has 1 atom stereocenters. The molecule has 2 aromatic carbocycles. The molecule has 0 fully saturated rings. The van der Waals surface area contributed by atoms with E-state index in [9.17, 15) is 8.42 Å². The van der Waals surface area contributed by atoms with Gasteiger partial charge in [0.1, 0.15) is 0 Å². The summed E-state index contributed by atoms with van der Waals surface area (Å²) in [5.74, 6) is 1.34. The zero-order valence-electron chi connectivity index (χ0n) is 18.3. The molecule has 8 heteroatoms. The van der Waals surface area contributed by atoms with Crippen LogP contribution in [0.15, 0.2) is 58.4 Å². The summed E-state index contributed by atoms with van der Waals surface area (Å²) < 4.78 is 25.9. The Labute approximate surface area is 198 Å². The molecule has 6 nitrogen and oxygen atoms in total. The number of nitrogens with zero attached hydrogens (tertiary/aromatic N) is 1. The topological polar surface area (TPSA) is 82.6 Å². The van der Waals surface area contributed by atoms with Gasteiger partial charge >= 0.3 is 0 Å². The zero-order valence-corrected chi connectivity index (χ0v) is 21.4. The van der Waals surface area contributed by atoms with E-state index in [2.05, 4.69) is 65.4 Å². The molecule has 0 aliphatic heterocycles. The quantitative estimate of drug-likeness (QED) is 0.268. The van der Waals surface area contributed by atoms with Crippen molar-refractivity contribution in [3.63, 3.8) is 0 Å². The highest BCUT2D eigenvalue weighted by Crippen LogP contribution is 2.15. The van der Waals surface area contributed by atoms with Gasteiger partial charge in [0.25, 0.3) is 0 Å². The summed E-state index contributed by atoms with van der Waals surface area (Å²) in [4.78, 5) is 4.53. The Morgan fingerprint density at radius 1 is 0.967 bits per heavy atom. The van der Waals surface area contributed by atoms with Crippen molar-refractivity contribution in [2.24, 2.45) is 10.9 Å². The molecule has 0 radical (unpaired) electrons. The highest BCUT2D eigenvalue weighted by Gasteiger charge is 2.11. The predicted molar refractivity (Wildman–Crippen MR) is 135 cm³/mol. The molecule has 0 amide bonds. The standard InChI is InChI=1S/C22H32N4O2S.HI/c1-16(2)14-18-6-10-20(11-7-18)17(3)26-22(23-4)25-15-19-8-12-21(13-9-19)29(27,28)24-5;/h6-13,16-17,24H,14-15H2,1-5H3,(H2,23,25,26);1H. The van der Waals surface area contributed by atoms with Gasteiger partial charge in [0.2, 0.25) is 10.0 Å². The van der Waals surface area contributed by atoms with Gasteiger partial charge in [0.05, 0.1) is 10.9 Å². The van der Waals surface area contributed by atoms with Crippen LogP contribution in [0.25, 0.3) is 0 Å². The van der Waals surface area contributed by atoms with Crippen LogP contribution < -0.4 is 15.4 Å². The minimum Gasteiger partial charge on any atom is -0.352 e. The van der Waals surface area contributed by atoms with E-state index in [0.717, 1.165) is 12.0 Å². The number of rotatable bonds is 8. The fraction of sp³-hybridized carbons (Fsp3) is 0.409. The van der Waals surface area contributed by atoms with E-state index >= 15 is 0 Å². The first-order valence-electron chi connectivity index (χ1n) is 9.83. The van der Waals surface area contributed by atoms with Crippen LogP contribution in [0, 0.1) is 5.92 Å². The molecule has 0 heterocycles. The van der Waals surface area contributed by atoms with E-state index in [-0.39, 0.29) is 34.9 Å². The molecule has 0 aliphatic carbocycles. The molecule has 3 N–H and O–H groups in total. The molecule has 0 saturated carbocycles. The van der Waals surface area contributed by atoms with Crippen molar-refractivity contribution in [1.82, 2.24) is 15.4 Å². The summed E-state index contributed by atoms with van der Waals surface area (Å²) >= 11 is 0. The van der Waals surface area contributed by atoms with E-state index in [0.29, 0.717) is 18.4 Å². The summed E-state index contributed by atoms with van der Waals surface area (Å²) in [7, 11) is -0.279. The maximum atomic E-state index is 11.8. The Bertz CT molecular complexity index is 911. The van der Waals surface area contributed by atoms with Crippen molar-refractivity contribution in [1.29, 1.82) is 0 Å². The third-order valence-electron chi connectivity index (χ3n) is 4.66. The van der Waals surface area contributed by atoms with Gasteiger partial charge < -0.3 is 10.6 Å². The zero-order chi connectivity index (χ0) is 21.4. The molecule has 166 valence electrons. The van der Waals surface area contributed by atoms with Crippen LogP contribution in [0.1, 0.15) is 43.5 Å². The number of guanidine groups is 1. The predicted octanol–water partition coefficient (Wildman–Crippen LogP) is 3.84. The maximum Gasteiger partial charge on any atom is 0.240 e. The van der Waals surface area contributed by atoms with Crippen LogP contribution in [-0.2, 0) is 23.0 Å². The average Bonchev–Trinajstić information content (AvgIpc) is 2.71. The van der Waals surface area contributed by atoms with Gasteiger partial charge in [-0.05, 0) is 55.1 Å². The van der Waals surface area contributed by atoms with E-state index < -0.39 is 10.0 Å². The monoisotopic (exact) mass is 544 g/mol. The number of sulfonamides is 1. The van der Waals surface area contributed by atoms with E-state index in [1.807, 2.05) is 0 Å². The minimum atomic E-state index is -3.41. The van der Waals surface area contributed by atoms with Gasteiger partial charge in [-0.2, -0.15) is 0 Å². The van der Waals surface area contributed by atoms with Crippen molar-refractivity contribution < 1.29 is 8.42 Å². The molecule has 0 saturated heterocycles. The van der Waals surface area contributed by atoms with Gasteiger partial charge in [-0.15, -0.1) is 24.0 Å². The fourth-order valence-electron chi connectivity index (χ4n) is 2.99. The highest BCUT2D eigenvalue weighted by atomic mass is 127. The summed E-state index contributed by atoms with van der Waals surface area (Å²) in [5.41, 5.74) is 3.51. The highest BCUT2D eigenvalue weighted by molar-refractivity contribution is 14.0. The van der Waals surface area contributed by atoms with Gasteiger partial charge in [0.15, 0.2) is 5.96 Å². The van der Waals surface area contributed by atoms with Crippen molar-refractivity contribution in [2.75, 3.05) is 14.1 Å². The Balaban J connectivity index is 0.00000450. The van der Waals surface area contributed by atoms with Crippen LogP contribution in [-0.4, -0.2) is 28.5 Å². The first kappa shape index (κ1) is 26.4. The average molecular weight is 545 g/mol. The molecule has 1 unspecified atom stereocenters. The number of hydrogen-bond acceptors (Lipinski definition) is 3. The van der Waals surface area contributed by atoms with Gasteiger partial charge in [-0.3, -0.25) is 4.99 Å². The number of aliphatic imine (C=N–C) groups is 1. The molecule has 2 rings (SSSR count). The normalized spacial score (nSPS) is 12.9. The van der Waals surface area contributed by atoms with Crippen molar-refractivity contribution in [3.8, 4) is 0 Å². The number of benzene rings is 2. The number of hydrogen-bond donors (Lipinski definition) is 3. The summed E-state index contributed by atoms with van der Waals surface area (Å²) in [6.07, 6.45) is 1.08. The molecule has 0 aliphatic rings. The van der Waals surface area contributed by atoms with Crippen LogP contribution in [0.5, 0.6) is 0 Å².